The molecule has 0 saturated carbocycles. The second-order valence-corrected chi connectivity index (χ2v) is 11.3. The van der Waals surface area contributed by atoms with Crippen molar-refractivity contribution in [2.45, 2.75) is 30.9 Å². The minimum Gasteiger partial charge on any atom is -0.494 e. The van der Waals surface area contributed by atoms with Gasteiger partial charge >= 0.3 is 0 Å². The van der Waals surface area contributed by atoms with E-state index in [0.29, 0.717) is 46.7 Å². The maximum absolute atomic E-state index is 14.4. The van der Waals surface area contributed by atoms with Gasteiger partial charge in [0.2, 0.25) is 5.90 Å². The molecule has 2 atom stereocenters. The molecular weight excluding hydrogens is 641 g/mol. The van der Waals surface area contributed by atoms with Crippen molar-refractivity contribution in [3.8, 4) is 5.75 Å². The van der Waals surface area contributed by atoms with Gasteiger partial charge in [0, 0.05) is 52.2 Å². The van der Waals surface area contributed by atoms with Crippen LogP contribution in [0.2, 0.25) is 0 Å². The van der Waals surface area contributed by atoms with Crippen molar-refractivity contribution in [3.05, 3.63) is 140 Å². The Bertz CT molecular complexity index is 1730. The number of rotatable bonds is 13. The summed E-state index contributed by atoms with van der Waals surface area (Å²) < 4.78 is 27.3. The van der Waals surface area contributed by atoms with Gasteiger partial charge in [-0.05, 0) is 59.5 Å². The third-order valence-corrected chi connectivity index (χ3v) is 8.18. The van der Waals surface area contributed by atoms with Crippen LogP contribution >= 0.6 is 15.9 Å². The number of aliphatic hydroxyl groups is 1. The van der Waals surface area contributed by atoms with E-state index < -0.39 is 17.6 Å². The highest BCUT2D eigenvalue weighted by molar-refractivity contribution is 9.10. The second-order valence-electron chi connectivity index (χ2n) is 10.4. The van der Waals surface area contributed by atoms with Crippen LogP contribution in [0.1, 0.15) is 34.8 Å². The second kappa shape index (κ2) is 14.9. The molecule has 9 nitrogen and oxygen atoms in total. The molecule has 0 aliphatic carbocycles. The molecule has 5 rings (SSSR count). The zero-order valence-electron chi connectivity index (χ0n) is 24.3. The van der Waals surface area contributed by atoms with E-state index in [1.165, 1.54) is 6.07 Å². The molecule has 0 radical (unpaired) electrons. The summed E-state index contributed by atoms with van der Waals surface area (Å²) in [5.41, 5.74) is 10.5. The molecule has 4 aromatic rings. The quantitative estimate of drug-likeness (QED) is 0.0677. The summed E-state index contributed by atoms with van der Waals surface area (Å²) in [5, 5.41) is 15.9. The van der Waals surface area contributed by atoms with Crippen LogP contribution in [0.5, 0.6) is 5.75 Å². The number of hydrogen-bond acceptors (Lipinski definition) is 6. The van der Waals surface area contributed by atoms with Crippen LogP contribution in [0.15, 0.2) is 112 Å². The fraction of sp³-hybridized carbons (Fsp3) is 0.235. The van der Waals surface area contributed by atoms with E-state index in [2.05, 4.69) is 31.3 Å². The maximum Gasteiger partial charge on any atom is 0.252 e. The first-order valence-corrected chi connectivity index (χ1v) is 15.2. The van der Waals surface area contributed by atoms with E-state index in [-0.39, 0.29) is 37.7 Å². The molecule has 1 aliphatic rings. The molecule has 45 heavy (non-hydrogen) atoms. The van der Waals surface area contributed by atoms with Crippen molar-refractivity contribution in [1.82, 2.24) is 5.32 Å². The van der Waals surface area contributed by atoms with Crippen molar-refractivity contribution in [2.24, 2.45) is 10.1 Å². The Balaban J connectivity index is 1.57. The normalized spacial score (nSPS) is 17.1. The van der Waals surface area contributed by atoms with Gasteiger partial charge in [0.05, 0.1) is 6.61 Å². The van der Waals surface area contributed by atoms with Crippen LogP contribution in [0, 0.1) is 5.82 Å². The number of azide groups is 1. The molecule has 0 bridgehead atoms. The maximum atomic E-state index is 14.4. The minimum atomic E-state index is -1.54. The summed E-state index contributed by atoms with van der Waals surface area (Å²) in [5.74, 6) is 0.107. The lowest BCUT2D eigenvalue weighted by Gasteiger charge is -2.31. The van der Waals surface area contributed by atoms with E-state index >= 15 is 0 Å². The lowest BCUT2D eigenvalue weighted by Crippen LogP contribution is -2.50. The van der Waals surface area contributed by atoms with Gasteiger partial charge in [-0.1, -0.05) is 81.7 Å². The topological polar surface area (TPSA) is 129 Å². The number of aliphatic imine (C=N–C) groups is 1. The molecule has 0 aromatic heterocycles. The number of benzene rings is 4. The third-order valence-electron chi connectivity index (χ3n) is 7.46. The van der Waals surface area contributed by atoms with Gasteiger partial charge in [-0.2, -0.15) is 0 Å². The van der Waals surface area contributed by atoms with Crippen LogP contribution in [0.25, 0.3) is 10.4 Å². The molecule has 1 aliphatic heterocycles. The number of nitrogens with zero attached hydrogens (tertiary/aromatic N) is 4. The molecular formula is C34H31BrFN5O4. The van der Waals surface area contributed by atoms with Crippen LogP contribution < -0.4 is 10.1 Å². The summed E-state index contributed by atoms with van der Waals surface area (Å²) >= 11 is 3.63. The molecule has 11 heteroatoms. The first-order valence-electron chi connectivity index (χ1n) is 14.4. The molecule has 230 valence electrons. The summed E-state index contributed by atoms with van der Waals surface area (Å²) in [6.07, 6.45) is -0.0439. The van der Waals surface area contributed by atoms with E-state index in [1.807, 2.05) is 24.3 Å². The third kappa shape index (κ3) is 7.34. The van der Waals surface area contributed by atoms with E-state index in [4.69, 9.17) is 19.6 Å². The fourth-order valence-electron chi connectivity index (χ4n) is 5.21. The van der Waals surface area contributed by atoms with Gasteiger partial charge in [0.1, 0.15) is 11.6 Å². The average Bonchev–Trinajstić information content (AvgIpc) is 3.44. The number of halogens is 2. The van der Waals surface area contributed by atoms with Crippen LogP contribution in [-0.4, -0.2) is 42.2 Å². The summed E-state index contributed by atoms with van der Waals surface area (Å²) in [4.78, 5) is 22.4. The lowest BCUT2D eigenvalue weighted by molar-refractivity contribution is -0.128. The Hall–Kier alpha value is -4.70. The summed E-state index contributed by atoms with van der Waals surface area (Å²) in [7, 11) is 0. The Morgan fingerprint density at radius 1 is 1.04 bits per heavy atom. The highest BCUT2D eigenvalue weighted by Gasteiger charge is 2.54. The molecule has 1 heterocycles. The van der Waals surface area contributed by atoms with Crippen molar-refractivity contribution in [3.63, 3.8) is 0 Å². The largest absolute Gasteiger partial charge is 0.494 e. The first kappa shape index (κ1) is 31.7. The Morgan fingerprint density at radius 2 is 1.76 bits per heavy atom. The predicted octanol–water partition coefficient (Wildman–Crippen LogP) is 7.15. The van der Waals surface area contributed by atoms with Crippen molar-refractivity contribution >= 4 is 33.4 Å². The molecule has 4 aromatic carbocycles. The van der Waals surface area contributed by atoms with Crippen LogP contribution in [0.3, 0.4) is 0 Å². The monoisotopic (exact) mass is 671 g/mol. The zero-order valence-corrected chi connectivity index (χ0v) is 25.9. The zero-order chi connectivity index (χ0) is 31.6. The van der Waals surface area contributed by atoms with Gasteiger partial charge in [-0.25, -0.2) is 9.38 Å². The fourth-order valence-corrected chi connectivity index (χ4v) is 5.70. The van der Waals surface area contributed by atoms with E-state index in [9.17, 15) is 14.7 Å². The highest BCUT2D eigenvalue weighted by Crippen LogP contribution is 2.45. The smallest absolute Gasteiger partial charge is 0.252 e. The Kier molecular flexibility index (Phi) is 10.5. The Labute approximate surface area is 268 Å². The van der Waals surface area contributed by atoms with Crippen LogP contribution in [0.4, 0.5) is 10.1 Å². The van der Waals surface area contributed by atoms with E-state index in [0.717, 1.165) is 4.47 Å². The van der Waals surface area contributed by atoms with Gasteiger partial charge in [0.15, 0.2) is 11.6 Å². The van der Waals surface area contributed by atoms with Crippen molar-refractivity contribution in [2.75, 3.05) is 19.8 Å². The van der Waals surface area contributed by atoms with E-state index in [1.54, 1.807) is 66.7 Å². The predicted molar refractivity (Wildman–Crippen MR) is 173 cm³/mol. The number of hydrogen-bond donors (Lipinski definition) is 2. The number of carbonyl (C=O) groups excluding carboxylic acids is 1. The molecule has 2 N–H and O–H groups in total. The van der Waals surface area contributed by atoms with Gasteiger partial charge < -0.3 is 19.9 Å². The number of carbonyl (C=O) groups is 1. The average molecular weight is 673 g/mol. The molecule has 0 fully saturated rings. The Morgan fingerprint density at radius 3 is 2.49 bits per heavy atom. The van der Waals surface area contributed by atoms with Gasteiger partial charge in [-0.15, -0.1) is 0 Å². The number of aliphatic hydroxyl groups excluding tert-OH is 1. The van der Waals surface area contributed by atoms with Gasteiger partial charge in [-0.3, -0.25) is 4.79 Å². The number of ether oxygens (including phenoxy) is 2. The summed E-state index contributed by atoms with van der Waals surface area (Å²) in [6, 6.07) is 28.1. The number of nitrogens with one attached hydrogen (secondary N) is 1. The lowest BCUT2D eigenvalue weighted by atomic mass is 9.81. The highest BCUT2D eigenvalue weighted by atomic mass is 79.9. The SMILES string of the molecule is [N-]=[N+]=Nc1ccccc1C[C@@]1(C(=O)NCCc2ccccc2F)N=C(c2ccc(OCCCO)cc2)O[C@@H]1c1ccccc1Br. The van der Waals surface area contributed by atoms with Crippen molar-refractivity contribution < 1.29 is 23.8 Å². The molecule has 1 amide bonds. The first-order chi connectivity index (χ1) is 21.9. The minimum absolute atomic E-state index is 0.0341. The van der Waals surface area contributed by atoms with Crippen LogP contribution in [-0.2, 0) is 22.4 Å². The van der Waals surface area contributed by atoms with Gasteiger partial charge in [0.25, 0.3) is 5.91 Å². The summed E-state index contributed by atoms with van der Waals surface area (Å²) in [6.45, 7) is 0.567. The van der Waals surface area contributed by atoms with Crippen molar-refractivity contribution in [1.29, 1.82) is 0 Å². The molecule has 0 unspecified atom stereocenters. The molecule has 0 spiro atoms. The number of amides is 1. The standard InChI is InChI=1S/C34H31BrFN5O4/c35-28-11-4-3-10-27(28)31-34(22-25-9-2-6-13-30(25)40-41-37,33(43)38-19-18-23-8-1-5-12-29(23)36)39-32(45-31)24-14-16-26(17-15-24)44-21-7-20-42/h1-6,8-17,31,42H,7,18-22H2,(H,38,43)/t31-,34-/m1/s1. The molecule has 0 saturated heterocycles.